The number of hydrogen-bond acceptors (Lipinski definition) is 5. The fraction of sp³-hybridized carbons (Fsp3) is 0.300. The van der Waals surface area contributed by atoms with Gasteiger partial charge in [-0.3, -0.25) is 0 Å². The highest BCUT2D eigenvalue weighted by Crippen LogP contribution is 2.18. The smallest absolute Gasteiger partial charge is 0.222 e. The molecule has 6 heteroatoms. The van der Waals surface area contributed by atoms with Gasteiger partial charge in [0.2, 0.25) is 5.95 Å². The van der Waals surface area contributed by atoms with Gasteiger partial charge in [-0.15, -0.1) is 11.3 Å². The SMILES string of the molecule is Cc1nc(C)c(CNc2ncc(Cl)cn2)s1. The third kappa shape index (κ3) is 2.68. The van der Waals surface area contributed by atoms with Crippen molar-refractivity contribution >= 4 is 28.9 Å². The lowest BCUT2D eigenvalue weighted by atomic mass is 10.4. The molecule has 0 saturated heterocycles. The number of thiazole rings is 1. The topological polar surface area (TPSA) is 50.7 Å². The van der Waals surface area contributed by atoms with Crippen LogP contribution in [0.3, 0.4) is 0 Å². The van der Waals surface area contributed by atoms with E-state index >= 15 is 0 Å². The van der Waals surface area contributed by atoms with Crippen molar-refractivity contribution in [2.45, 2.75) is 20.4 Å². The maximum atomic E-state index is 5.70. The van der Waals surface area contributed by atoms with E-state index in [9.17, 15) is 0 Å². The van der Waals surface area contributed by atoms with Gasteiger partial charge in [-0.05, 0) is 13.8 Å². The molecule has 2 rings (SSSR count). The van der Waals surface area contributed by atoms with E-state index in [1.807, 2.05) is 13.8 Å². The summed E-state index contributed by atoms with van der Waals surface area (Å²) in [7, 11) is 0. The van der Waals surface area contributed by atoms with Gasteiger partial charge in [0.25, 0.3) is 0 Å². The van der Waals surface area contributed by atoms with E-state index in [2.05, 4.69) is 20.3 Å². The molecule has 84 valence electrons. The molecule has 0 fully saturated rings. The van der Waals surface area contributed by atoms with Crippen LogP contribution < -0.4 is 5.32 Å². The van der Waals surface area contributed by atoms with Crippen molar-refractivity contribution in [1.82, 2.24) is 15.0 Å². The Hall–Kier alpha value is -1.20. The fourth-order valence-corrected chi connectivity index (χ4v) is 2.27. The molecule has 0 aliphatic rings. The summed E-state index contributed by atoms with van der Waals surface area (Å²) >= 11 is 7.38. The lowest BCUT2D eigenvalue weighted by Gasteiger charge is -2.02. The van der Waals surface area contributed by atoms with Gasteiger partial charge in [-0.1, -0.05) is 11.6 Å². The maximum Gasteiger partial charge on any atom is 0.222 e. The number of hydrogen-bond donors (Lipinski definition) is 1. The molecule has 0 aliphatic heterocycles. The van der Waals surface area contributed by atoms with E-state index in [0.717, 1.165) is 10.7 Å². The van der Waals surface area contributed by atoms with Gasteiger partial charge >= 0.3 is 0 Å². The molecule has 1 N–H and O–H groups in total. The minimum atomic E-state index is 0.537. The normalized spacial score (nSPS) is 10.4. The average Bonchev–Trinajstić information content (AvgIpc) is 2.57. The molecule has 0 saturated carbocycles. The zero-order valence-corrected chi connectivity index (χ0v) is 10.6. The summed E-state index contributed by atoms with van der Waals surface area (Å²) < 4.78 is 0. The van der Waals surface area contributed by atoms with Gasteiger partial charge in [0, 0.05) is 4.88 Å². The average molecular weight is 255 g/mol. The molecule has 2 heterocycles. The van der Waals surface area contributed by atoms with Gasteiger partial charge in [-0.25, -0.2) is 15.0 Å². The first-order valence-corrected chi connectivity index (χ1v) is 5.99. The number of rotatable bonds is 3. The van der Waals surface area contributed by atoms with Crippen LogP contribution in [0.1, 0.15) is 15.6 Å². The van der Waals surface area contributed by atoms with Crippen LogP contribution in [-0.2, 0) is 6.54 Å². The molecule has 2 aromatic heterocycles. The summed E-state index contributed by atoms with van der Waals surface area (Å²) in [5.74, 6) is 0.579. The molecule has 0 bridgehead atoms. The van der Waals surface area contributed by atoms with Crippen LogP contribution in [0.2, 0.25) is 5.02 Å². The van der Waals surface area contributed by atoms with Crippen LogP contribution in [-0.4, -0.2) is 15.0 Å². The number of nitrogens with one attached hydrogen (secondary N) is 1. The maximum absolute atomic E-state index is 5.70. The third-order valence-corrected chi connectivity index (χ3v) is 3.30. The summed E-state index contributed by atoms with van der Waals surface area (Å²) in [6, 6.07) is 0. The van der Waals surface area contributed by atoms with E-state index in [0.29, 0.717) is 17.5 Å². The van der Waals surface area contributed by atoms with Crippen molar-refractivity contribution in [3.05, 3.63) is 33.0 Å². The first kappa shape index (κ1) is 11.3. The Morgan fingerprint density at radius 2 is 2.00 bits per heavy atom. The standard InChI is InChI=1S/C10H11ClN4S/c1-6-9(16-7(2)15-6)5-14-10-12-3-8(11)4-13-10/h3-4H,5H2,1-2H3,(H,12,13,14). The molecule has 2 aromatic rings. The predicted octanol–water partition coefficient (Wildman–Crippen LogP) is 2.82. The largest absolute Gasteiger partial charge is 0.349 e. The minimum absolute atomic E-state index is 0.537. The molecule has 0 aromatic carbocycles. The summed E-state index contributed by atoms with van der Waals surface area (Å²) in [6.45, 7) is 4.70. The first-order chi connectivity index (χ1) is 7.65. The van der Waals surface area contributed by atoms with Crippen LogP contribution in [0.15, 0.2) is 12.4 Å². The highest BCUT2D eigenvalue weighted by molar-refractivity contribution is 7.11. The molecule has 16 heavy (non-hydrogen) atoms. The summed E-state index contributed by atoms with van der Waals surface area (Å²) in [6.07, 6.45) is 3.14. The first-order valence-electron chi connectivity index (χ1n) is 4.79. The van der Waals surface area contributed by atoms with Gasteiger partial charge in [0.05, 0.1) is 34.7 Å². The van der Waals surface area contributed by atoms with Crippen LogP contribution in [0, 0.1) is 13.8 Å². The fourth-order valence-electron chi connectivity index (χ4n) is 1.30. The highest BCUT2D eigenvalue weighted by Gasteiger charge is 2.04. The minimum Gasteiger partial charge on any atom is -0.349 e. The highest BCUT2D eigenvalue weighted by atomic mass is 35.5. The zero-order chi connectivity index (χ0) is 11.5. The third-order valence-electron chi connectivity index (χ3n) is 2.03. The second-order valence-electron chi connectivity index (χ2n) is 3.32. The Bertz CT molecular complexity index is 480. The van der Waals surface area contributed by atoms with Crippen LogP contribution in [0.4, 0.5) is 5.95 Å². The molecule has 0 unspecified atom stereocenters. The van der Waals surface area contributed by atoms with Crippen molar-refractivity contribution in [2.75, 3.05) is 5.32 Å². The number of halogens is 1. The van der Waals surface area contributed by atoms with Gasteiger partial charge in [0.15, 0.2) is 0 Å². The monoisotopic (exact) mass is 254 g/mol. The van der Waals surface area contributed by atoms with Crippen molar-refractivity contribution in [3.63, 3.8) is 0 Å². The molecule has 0 spiro atoms. The number of nitrogens with zero attached hydrogens (tertiary/aromatic N) is 3. The predicted molar refractivity (Wildman–Crippen MR) is 66.0 cm³/mol. The summed E-state index contributed by atoms with van der Waals surface area (Å²) in [5.41, 5.74) is 1.06. The number of aromatic nitrogens is 3. The Balaban J connectivity index is 2.02. The molecule has 0 radical (unpaired) electrons. The Morgan fingerprint density at radius 3 is 2.56 bits per heavy atom. The van der Waals surface area contributed by atoms with E-state index < -0.39 is 0 Å². The Labute approximate surface area is 103 Å². The molecular weight excluding hydrogens is 244 g/mol. The second-order valence-corrected chi connectivity index (χ2v) is 5.04. The van der Waals surface area contributed by atoms with Crippen LogP contribution in [0.5, 0.6) is 0 Å². The Kier molecular flexibility index (Phi) is 3.36. The van der Waals surface area contributed by atoms with Crippen molar-refractivity contribution < 1.29 is 0 Å². The molecule has 0 atom stereocenters. The van der Waals surface area contributed by atoms with E-state index in [1.165, 1.54) is 4.88 Å². The molecule has 0 aliphatic carbocycles. The van der Waals surface area contributed by atoms with Gasteiger partial charge in [0.1, 0.15) is 0 Å². The van der Waals surface area contributed by atoms with E-state index in [1.54, 1.807) is 23.7 Å². The lowest BCUT2D eigenvalue weighted by Crippen LogP contribution is -2.02. The van der Waals surface area contributed by atoms with Crippen molar-refractivity contribution in [2.24, 2.45) is 0 Å². The molecule has 4 nitrogen and oxygen atoms in total. The Morgan fingerprint density at radius 1 is 1.31 bits per heavy atom. The summed E-state index contributed by atoms with van der Waals surface area (Å²) in [4.78, 5) is 13.7. The molecular formula is C10H11ClN4S. The van der Waals surface area contributed by atoms with Crippen LogP contribution >= 0.6 is 22.9 Å². The molecule has 0 amide bonds. The van der Waals surface area contributed by atoms with Crippen molar-refractivity contribution in [1.29, 1.82) is 0 Å². The second kappa shape index (κ2) is 4.76. The summed E-state index contributed by atoms with van der Waals surface area (Å²) in [5, 5.41) is 4.74. The van der Waals surface area contributed by atoms with Gasteiger partial charge < -0.3 is 5.32 Å². The van der Waals surface area contributed by atoms with Crippen LogP contribution in [0.25, 0.3) is 0 Å². The zero-order valence-electron chi connectivity index (χ0n) is 8.99. The van der Waals surface area contributed by atoms with Gasteiger partial charge in [-0.2, -0.15) is 0 Å². The number of aryl methyl sites for hydroxylation is 2. The number of anilines is 1. The quantitative estimate of drug-likeness (QED) is 0.915. The lowest BCUT2D eigenvalue weighted by molar-refractivity contribution is 1.05. The van der Waals surface area contributed by atoms with Crippen molar-refractivity contribution in [3.8, 4) is 0 Å². The van der Waals surface area contributed by atoms with E-state index in [4.69, 9.17) is 11.6 Å². The van der Waals surface area contributed by atoms with E-state index in [-0.39, 0.29) is 0 Å².